The van der Waals surface area contributed by atoms with Crippen LogP contribution in [0.2, 0.25) is 0 Å². The highest BCUT2D eigenvalue weighted by Crippen LogP contribution is 2.31. The third-order valence-corrected chi connectivity index (χ3v) is 4.17. The molecule has 0 radical (unpaired) electrons. The Morgan fingerprint density at radius 2 is 1.59 bits per heavy atom. The average Bonchev–Trinajstić information content (AvgIpc) is 2.90. The second kappa shape index (κ2) is 6.68. The van der Waals surface area contributed by atoms with E-state index in [1.165, 1.54) is 0 Å². The molecule has 3 aromatic rings. The van der Waals surface area contributed by atoms with Gasteiger partial charge >= 0.3 is 12.1 Å². The summed E-state index contributed by atoms with van der Waals surface area (Å²) in [5, 5.41) is -0.467. The maximum Gasteiger partial charge on any atom is 0.573 e. The topological polar surface area (TPSA) is 44.1 Å². The lowest BCUT2D eigenvalue weighted by atomic mass is 10.2. The van der Waals surface area contributed by atoms with Gasteiger partial charge in [0.15, 0.2) is 22.4 Å². The molecule has 27 heavy (non-hydrogen) atoms. The van der Waals surface area contributed by atoms with Gasteiger partial charge in [0.1, 0.15) is 17.3 Å². The van der Waals surface area contributed by atoms with E-state index in [-0.39, 0.29) is 23.7 Å². The molecule has 0 saturated carbocycles. The van der Waals surface area contributed by atoms with Crippen LogP contribution >= 0.6 is 11.5 Å². The number of ether oxygens (including phenoxy) is 1. The lowest BCUT2D eigenvalue weighted by Crippen LogP contribution is -2.19. The number of nitrogens with zero attached hydrogens (tertiary/aromatic N) is 2. The monoisotopic (exact) mass is 410 g/mol. The summed E-state index contributed by atoms with van der Waals surface area (Å²) in [7, 11) is 0. The van der Waals surface area contributed by atoms with E-state index in [2.05, 4.69) is 9.72 Å². The average molecular weight is 410 g/mol. The van der Waals surface area contributed by atoms with Crippen molar-refractivity contribution in [1.29, 1.82) is 0 Å². The highest BCUT2D eigenvalue weighted by atomic mass is 32.1. The zero-order chi connectivity index (χ0) is 19.9. The van der Waals surface area contributed by atoms with Crippen LogP contribution in [0.25, 0.3) is 16.3 Å². The summed E-state index contributed by atoms with van der Waals surface area (Å²) < 4.78 is 95.7. The zero-order valence-corrected chi connectivity index (χ0v) is 13.5. The Morgan fingerprint density at radius 3 is 2.19 bits per heavy atom. The van der Waals surface area contributed by atoms with Gasteiger partial charge in [-0.1, -0.05) is 6.07 Å². The molecule has 0 N–H and O–H groups in total. The van der Waals surface area contributed by atoms with Crippen molar-refractivity contribution in [3.8, 4) is 22.0 Å². The summed E-state index contributed by atoms with van der Waals surface area (Å²) in [6.45, 7) is 0. The molecule has 2 aromatic carbocycles. The van der Waals surface area contributed by atoms with Crippen molar-refractivity contribution < 1.29 is 35.5 Å². The van der Waals surface area contributed by atoms with Crippen molar-refractivity contribution in [3.63, 3.8) is 0 Å². The van der Waals surface area contributed by atoms with Crippen molar-refractivity contribution >= 4 is 11.5 Å². The second-order valence-electron chi connectivity index (χ2n) is 4.96. The summed E-state index contributed by atoms with van der Waals surface area (Å²) in [6, 6.07) is 3.24. The van der Waals surface area contributed by atoms with Gasteiger partial charge in [0.25, 0.3) is 0 Å². The molecule has 0 aliphatic rings. The van der Waals surface area contributed by atoms with Crippen LogP contribution in [0.4, 0.5) is 30.7 Å². The molecule has 0 aliphatic carbocycles. The Bertz CT molecular complexity index is 1050. The summed E-state index contributed by atoms with van der Waals surface area (Å²) in [4.78, 5) is 15.3. The van der Waals surface area contributed by atoms with Gasteiger partial charge in [-0.15, -0.1) is 13.2 Å². The number of hydrogen-bond donors (Lipinski definition) is 0. The van der Waals surface area contributed by atoms with Crippen LogP contribution in [0.15, 0.2) is 35.1 Å². The van der Waals surface area contributed by atoms with E-state index in [0.29, 0.717) is 3.96 Å². The quantitative estimate of drug-likeness (QED) is 0.601. The molecule has 1 aromatic heterocycles. The van der Waals surface area contributed by atoms with Crippen molar-refractivity contribution in [2.75, 3.05) is 0 Å². The normalized spacial score (nSPS) is 11.7. The molecule has 0 fully saturated rings. The van der Waals surface area contributed by atoms with Gasteiger partial charge in [0.2, 0.25) is 0 Å². The van der Waals surface area contributed by atoms with Crippen LogP contribution in [0.1, 0.15) is 0 Å². The Kier molecular flexibility index (Phi) is 4.68. The molecule has 12 heteroatoms. The first-order valence-electron chi connectivity index (χ1n) is 6.87. The van der Waals surface area contributed by atoms with Gasteiger partial charge in [0.05, 0.1) is 5.56 Å². The first-order valence-corrected chi connectivity index (χ1v) is 7.64. The van der Waals surface area contributed by atoms with E-state index in [0.717, 1.165) is 18.2 Å². The lowest BCUT2D eigenvalue weighted by molar-refractivity contribution is -0.275. The minimum atomic E-state index is -5.26. The molecular weight excluding hydrogens is 405 g/mol. The Morgan fingerprint density at radius 1 is 0.963 bits per heavy atom. The molecule has 0 spiro atoms. The van der Waals surface area contributed by atoms with E-state index in [9.17, 15) is 35.5 Å². The minimum absolute atomic E-state index is 0.0909. The fourth-order valence-electron chi connectivity index (χ4n) is 2.11. The SMILES string of the molecule is O=c1nc(-c2c(F)cccc2F)sn1-c1cc(F)c(OC(F)(F)F)cc1F. The maximum absolute atomic E-state index is 14.1. The third-order valence-electron chi connectivity index (χ3n) is 3.17. The molecule has 142 valence electrons. The van der Waals surface area contributed by atoms with Gasteiger partial charge < -0.3 is 4.74 Å². The first-order chi connectivity index (χ1) is 12.6. The molecule has 1 heterocycles. The first kappa shape index (κ1) is 18.9. The van der Waals surface area contributed by atoms with E-state index < -0.39 is 57.3 Å². The van der Waals surface area contributed by atoms with Gasteiger partial charge in [-0.25, -0.2) is 26.3 Å². The van der Waals surface area contributed by atoms with Crippen LogP contribution in [-0.2, 0) is 0 Å². The van der Waals surface area contributed by atoms with E-state index >= 15 is 0 Å². The van der Waals surface area contributed by atoms with Crippen molar-refractivity contribution in [2.24, 2.45) is 0 Å². The van der Waals surface area contributed by atoms with Crippen molar-refractivity contribution in [2.45, 2.75) is 6.36 Å². The van der Waals surface area contributed by atoms with Gasteiger partial charge in [-0.3, -0.25) is 0 Å². The van der Waals surface area contributed by atoms with Crippen LogP contribution in [0, 0.1) is 23.3 Å². The number of halogens is 7. The molecule has 0 saturated heterocycles. The van der Waals surface area contributed by atoms with Gasteiger partial charge in [0, 0.05) is 12.1 Å². The Labute approximate surface area is 149 Å². The molecule has 0 atom stereocenters. The Balaban J connectivity index is 2.10. The molecule has 4 nitrogen and oxygen atoms in total. The molecule has 0 aliphatic heterocycles. The second-order valence-corrected chi connectivity index (χ2v) is 5.90. The summed E-state index contributed by atoms with van der Waals surface area (Å²) >= 11 is 0.279. The predicted molar refractivity (Wildman–Crippen MR) is 79.7 cm³/mol. The van der Waals surface area contributed by atoms with Crippen LogP contribution in [0.3, 0.4) is 0 Å². The summed E-state index contributed by atoms with van der Waals surface area (Å²) in [5.74, 6) is -6.58. The van der Waals surface area contributed by atoms with Gasteiger partial charge in [-0.2, -0.15) is 4.98 Å². The van der Waals surface area contributed by atoms with E-state index in [1.54, 1.807) is 0 Å². The molecule has 0 bridgehead atoms. The fourth-order valence-corrected chi connectivity index (χ4v) is 3.05. The third kappa shape index (κ3) is 3.79. The van der Waals surface area contributed by atoms with E-state index in [1.807, 2.05) is 0 Å². The van der Waals surface area contributed by atoms with Crippen LogP contribution in [0.5, 0.6) is 5.75 Å². The highest BCUT2D eigenvalue weighted by molar-refractivity contribution is 7.10. The number of rotatable bonds is 3. The van der Waals surface area contributed by atoms with Crippen molar-refractivity contribution in [3.05, 3.63) is 64.1 Å². The molecule has 3 rings (SSSR count). The zero-order valence-electron chi connectivity index (χ0n) is 12.7. The number of benzene rings is 2. The number of aromatic nitrogens is 2. The maximum atomic E-state index is 14.1. The Hall–Kier alpha value is -2.89. The highest BCUT2D eigenvalue weighted by Gasteiger charge is 2.33. The molecule has 0 unspecified atom stereocenters. The molecule has 0 amide bonds. The minimum Gasteiger partial charge on any atom is -0.403 e. The number of hydrogen-bond acceptors (Lipinski definition) is 4. The fraction of sp³-hybridized carbons (Fsp3) is 0.0667. The summed E-state index contributed by atoms with van der Waals surface area (Å²) in [5.41, 5.74) is -2.66. The standard InChI is InChI=1S/C15H5F7N2O2S/c16-6-2-1-3-7(17)12(6)13-23-14(25)24(27-13)10-4-9(19)11(5-8(10)18)26-15(20,21)22/h1-5H. The predicted octanol–water partition coefficient (Wildman–Crippen LogP) is 4.42. The largest absolute Gasteiger partial charge is 0.573 e. The smallest absolute Gasteiger partial charge is 0.403 e. The lowest BCUT2D eigenvalue weighted by Gasteiger charge is -2.11. The van der Waals surface area contributed by atoms with Crippen molar-refractivity contribution in [1.82, 2.24) is 8.94 Å². The number of alkyl halides is 3. The van der Waals surface area contributed by atoms with E-state index in [4.69, 9.17) is 0 Å². The van der Waals surface area contributed by atoms with Gasteiger partial charge in [-0.05, 0) is 23.7 Å². The summed E-state index contributed by atoms with van der Waals surface area (Å²) in [6.07, 6.45) is -5.26. The van der Waals surface area contributed by atoms with Crippen LogP contribution in [-0.4, -0.2) is 15.3 Å². The molecular formula is C15H5F7N2O2S. The van der Waals surface area contributed by atoms with Crippen LogP contribution < -0.4 is 10.4 Å².